The Bertz CT molecular complexity index is 1270. The van der Waals surface area contributed by atoms with Crippen molar-refractivity contribution in [3.8, 4) is 11.4 Å². The zero-order valence-corrected chi connectivity index (χ0v) is 18.4. The van der Waals surface area contributed by atoms with E-state index in [-0.39, 0.29) is 38.5 Å². The number of amides is 2. The van der Waals surface area contributed by atoms with E-state index in [0.717, 1.165) is 0 Å². The fraction of sp³-hybridized carbons (Fsp3) is 0.250. The average Bonchev–Trinajstić information content (AvgIpc) is 2.82. The number of hydrogen-bond donors (Lipinski definition) is 1. The lowest BCUT2D eigenvalue weighted by molar-refractivity contribution is -0.116. The maximum atomic E-state index is 13.5. The molecule has 176 valence electrons. The largest absolute Gasteiger partial charge is 0.450 e. The molecule has 1 aliphatic rings. The molecule has 0 atom stereocenters. The first-order chi connectivity index (χ1) is 16.4. The standard InChI is InChI=1S/C24H22F2N4O4/c1-2-34-24(33)29-12-11-19-20(13-29)28-22(15-3-5-16(25)6-4-15)30(23(19)32)14-21(31)27-18-9-7-17(26)8-10-18/h3-10H,2,11-14H2,1H3,(H,27,31). The number of rotatable bonds is 5. The van der Waals surface area contributed by atoms with Gasteiger partial charge in [-0.05, 0) is 61.9 Å². The topological polar surface area (TPSA) is 93.5 Å². The van der Waals surface area contributed by atoms with Crippen LogP contribution in [-0.4, -0.2) is 39.6 Å². The smallest absolute Gasteiger partial charge is 0.410 e. The van der Waals surface area contributed by atoms with Crippen LogP contribution in [0.3, 0.4) is 0 Å². The molecule has 4 rings (SSSR count). The second-order valence-electron chi connectivity index (χ2n) is 7.68. The van der Waals surface area contributed by atoms with Crippen LogP contribution in [0.4, 0.5) is 19.3 Å². The Balaban J connectivity index is 1.71. The van der Waals surface area contributed by atoms with Crippen LogP contribution < -0.4 is 10.9 Å². The molecule has 0 bridgehead atoms. The number of carbonyl (C=O) groups is 2. The van der Waals surface area contributed by atoms with Gasteiger partial charge in [0.2, 0.25) is 5.91 Å². The predicted molar refractivity (Wildman–Crippen MR) is 120 cm³/mol. The van der Waals surface area contributed by atoms with E-state index in [2.05, 4.69) is 10.3 Å². The molecular weight excluding hydrogens is 446 g/mol. The van der Waals surface area contributed by atoms with Gasteiger partial charge in [0.1, 0.15) is 24.0 Å². The Morgan fingerprint density at radius 3 is 2.35 bits per heavy atom. The van der Waals surface area contributed by atoms with Crippen LogP contribution in [0.25, 0.3) is 11.4 Å². The molecule has 3 aromatic rings. The van der Waals surface area contributed by atoms with Gasteiger partial charge in [-0.1, -0.05) is 0 Å². The molecule has 0 spiro atoms. The predicted octanol–water partition coefficient (Wildman–Crippen LogP) is 3.34. The van der Waals surface area contributed by atoms with Gasteiger partial charge in [-0.3, -0.25) is 14.2 Å². The number of halogens is 2. The Hall–Kier alpha value is -4.08. The van der Waals surface area contributed by atoms with Gasteiger partial charge in [0.05, 0.1) is 18.8 Å². The molecule has 8 nitrogen and oxygen atoms in total. The molecule has 34 heavy (non-hydrogen) atoms. The van der Waals surface area contributed by atoms with E-state index < -0.39 is 29.2 Å². The van der Waals surface area contributed by atoms with Crippen LogP contribution >= 0.6 is 0 Å². The van der Waals surface area contributed by atoms with Crippen molar-refractivity contribution in [2.45, 2.75) is 26.4 Å². The van der Waals surface area contributed by atoms with Crippen molar-refractivity contribution >= 4 is 17.7 Å². The van der Waals surface area contributed by atoms with Gasteiger partial charge in [-0.25, -0.2) is 18.6 Å². The molecule has 0 saturated carbocycles. The van der Waals surface area contributed by atoms with Crippen molar-refractivity contribution < 1.29 is 23.1 Å². The van der Waals surface area contributed by atoms with E-state index in [1.54, 1.807) is 6.92 Å². The zero-order valence-electron chi connectivity index (χ0n) is 18.4. The Morgan fingerprint density at radius 1 is 1.06 bits per heavy atom. The minimum atomic E-state index is -0.511. The van der Waals surface area contributed by atoms with Gasteiger partial charge in [-0.2, -0.15) is 0 Å². The van der Waals surface area contributed by atoms with Crippen molar-refractivity contribution in [2.75, 3.05) is 18.5 Å². The van der Waals surface area contributed by atoms with Crippen LogP contribution in [0.5, 0.6) is 0 Å². The lowest BCUT2D eigenvalue weighted by atomic mass is 10.1. The summed E-state index contributed by atoms with van der Waals surface area (Å²) in [5.74, 6) is -1.24. The van der Waals surface area contributed by atoms with Crippen LogP contribution in [-0.2, 0) is 29.0 Å². The molecule has 0 unspecified atom stereocenters. The summed E-state index contributed by atoms with van der Waals surface area (Å²) in [6, 6.07) is 10.6. The highest BCUT2D eigenvalue weighted by atomic mass is 19.1. The van der Waals surface area contributed by atoms with E-state index in [4.69, 9.17) is 4.74 Å². The third-order valence-corrected chi connectivity index (χ3v) is 5.38. The van der Waals surface area contributed by atoms with E-state index in [0.29, 0.717) is 22.5 Å². The van der Waals surface area contributed by atoms with Crippen molar-refractivity contribution in [3.63, 3.8) is 0 Å². The summed E-state index contributed by atoms with van der Waals surface area (Å²) in [7, 11) is 0. The molecule has 1 aliphatic heterocycles. The number of carbonyl (C=O) groups excluding carboxylic acids is 2. The van der Waals surface area contributed by atoms with Gasteiger partial charge in [0, 0.05) is 23.4 Å². The second-order valence-corrected chi connectivity index (χ2v) is 7.68. The highest BCUT2D eigenvalue weighted by molar-refractivity contribution is 5.90. The quantitative estimate of drug-likeness (QED) is 0.620. The highest BCUT2D eigenvalue weighted by Crippen LogP contribution is 2.22. The number of ether oxygens (including phenoxy) is 1. The van der Waals surface area contributed by atoms with E-state index >= 15 is 0 Å². The molecule has 0 aliphatic carbocycles. The van der Waals surface area contributed by atoms with Gasteiger partial charge in [-0.15, -0.1) is 0 Å². The van der Waals surface area contributed by atoms with Crippen molar-refractivity contribution in [1.29, 1.82) is 0 Å². The van der Waals surface area contributed by atoms with Crippen LogP contribution in [0.1, 0.15) is 18.2 Å². The molecule has 0 saturated heterocycles. The molecule has 1 aromatic heterocycles. The molecule has 2 amide bonds. The number of anilines is 1. The minimum Gasteiger partial charge on any atom is -0.450 e. The molecule has 1 N–H and O–H groups in total. The summed E-state index contributed by atoms with van der Waals surface area (Å²) in [5, 5.41) is 2.63. The van der Waals surface area contributed by atoms with Gasteiger partial charge in [0.25, 0.3) is 5.56 Å². The number of aromatic nitrogens is 2. The summed E-state index contributed by atoms with van der Waals surface area (Å²) in [5.41, 5.74) is 1.20. The minimum absolute atomic E-state index is 0.0835. The summed E-state index contributed by atoms with van der Waals surface area (Å²) < 4.78 is 32.9. The second kappa shape index (κ2) is 9.82. The van der Waals surface area contributed by atoms with Crippen LogP contribution in [0.15, 0.2) is 53.3 Å². The summed E-state index contributed by atoms with van der Waals surface area (Å²) in [6.07, 6.45) is -0.246. The SMILES string of the molecule is CCOC(=O)N1CCc2c(nc(-c3ccc(F)cc3)n(CC(=O)Nc3ccc(F)cc3)c2=O)C1. The Morgan fingerprint density at radius 2 is 1.71 bits per heavy atom. The van der Waals surface area contributed by atoms with Gasteiger partial charge < -0.3 is 15.0 Å². The fourth-order valence-electron chi connectivity index (χ4n) is 3.74. The first-order valence-electron chi connectivity index (χ1n) is 10.7. The third kappa shape index (κ3) is 4.95. The lowest BCUT2D eigenvalue weighted by Gasteiger charge is -2.28. The highest BCUT2D eigenvalue weighted by Gasteiger charge is 2.27. The zero-order chi connectivity index (χ0) is 24.2. The molecule has 10 heteroatoms. The Kier molecular flexibility index (Phi) is 6.67. The van der Waals surface area contributed by atoms with Gasteiger partial charge in [0.15, 0.2) is 0 Å². The van der Waals surface area contributed by atoms with Gasteiger partial charge >= 0.3 is 6.09 Å². The molecule has 2 heterocycles. The third-order valence-electron chi connectivity index (χ3n) is 5.38. The number of benzene rings is 2. The number of nitrogens with zero attached hydrogens (tertiary/aromatic N) is 3. The fourth-order valence-corrected chi connectivity index (χ4v) is 3.74. The van der Waals surface area contributed by atoms with Crippen molar-refractivity contribution in [3.05, 3.63) is 81.8 Å². The molecule has 2 aromatic carbocycles. The lowest BCUT2D eigenvalue weighted by Crippen LogP contribution is -2.42. The molecule has 0 fully saturated rings. The van der Waals surface area contributed by atoms with Crippen LogP contribution in [0.2, 0.25) is 0 Å². The van der Waals surface area contributed by atoms with E-state index in [1.165, 1.54) is 58.0 Å². The van der Waals surface area contributed by atoms with Crippen molar-refractivity contribution in [2.24, 2.45) is 0 Å². The van der Waals surface area contributed by atoms with E-state index in [1.807, 2.05) is 0 Å². The first-order valence-corrected chi connectivity index (χ1v) is 10.7. The van der Waals surface area contributed by atoms with Crippen LogP contribution in [0, 0.1) is 11.6 Å². The normalized spacial score (nSPS) is 12.7. The maximum Gasteiger partial charge on any atom is 0.410 e. The Labute approximate surface area is 193 Å². The number of nitrogens with one attached hydrogen (secondary N) is 1. The monoisotopic (exact) mass is 468 g/mol. The average molecular weight is 468 g/mol. The first kappa shape index (κ1) is 23.1. The van der Waals surface area contributed by atoms with Crippen molar-refractivity contribution in [1.82, 2.24) is 14.5 Å². The number of hydrogen-bond acceptors (Lipinski definition) is 5. The maximum absolute atomic E-state index is 13.5. The molecule has 0 radical (unpaired) electrons. The summed E-state index contributed by atoms with van der Waals surface area (Å²) in [6.45, 7) is 1.93. The summed E-state index contributed by atoms with van der Waals surface area (Å²) >= 11 is 0. The molecular formula is C24H22F2N4O4. The van der Waals surface area contributed by atoms with E-state index in [9.17, 15) is 23.2 Å². The number of fused-ring (bicyclic) bond motifs is 1. The summed E-state index contributed by atoms with van der Waals surface area (Å²) in [4.78, 5) is 44.3.